The fourth-order valence-corrected chi connectivity index (χ4v) is 1.35. The zero-order valence-corrected chi connectivity index (χ0v) is 7.07. The summed E-state index contributed by atoms with van der Waals surface area (Å²) in [6, 6.07) is 3.82. The Morgan fingerprint density at radius 2 is 2.21 bits per heavy atom. The van der Waals surface area contributed by atoms with Crippen LogP contribution in [0.15, 0.2) is 30.6 Å². The van der Waals surface area contributed by atoms with E-state index in [1.54, 1.807) is 6.07 Å². The van der Waals surface area contributed by atoms with E-state index in [0.29, 0.717) is 10.8 Å². The minimum Gasteiger partial charge on any atom is -0.478 e. The minimum atomic E-state index is -1.14. The maximum absolute atomic E-state index is 13.0. The van der Waals surface area contributed by atoms with Crippen molar-refractivity contribution in [1.82, 2.24) is 4.98 Å². The number of fused-ring (bicyclic) bond motifs is 1. The maximum atomic E-state index is 13.0. The average Bonchev–Trinajstić information content (AvgIpc) is 2.16. The number of carboxylic acids is 1. The molecule has 0 atom stereocenters. The van der Waals surface area contributed by atoms with Gasteiger partial charge in [0.2, 0.25) is 0 Å². The minimum absolute atomic E-state index is 0.0394. The van der Waals surface area contributed by atoms with Crippen molar-refractivity contribution in [3.05, 3.63) is 42.0 Å². The molecular weight excluding hydrogens is 185 g/mol. The van der Waals surface area contributed by atoms with Crippen LogP contribution in [0.1, 0.15) is 10.4 Å². The largest absolute Gasteiger partial charge is 0.478 e. The third kappa shape index (κ3) is 1.31. The van der Waals surface area contributed by atoms with Crippen LogP contribution in [0.4, 0.5) is 4.39 Å². The first-order valence-corrected chi connectivity index (χ1v) is 3.95. The van der Waals surface area contributed by atoms with Gasteiger partial charge in [0.25, 0.3) is 0 Å². The Balaban J connectivity index is 2.87. The van der Waals surface area contributed by atoms with Gasteiger partial charge in [0.15, 0.2) is 0 Å². The molecule has 1 heterocycles. The van der Waals surface area contributed by atoms with Gasteiger partial charge in [-0.2, -0.15) is 0 Å². The van der Waals surface area contributed by atoms with Crippen LogP contribution < -0.4 is 0 Å². The van der Waals surface area contributed by atoms with Gasteiger partial charge in [0.05, 0.1) is 5.56 Å². The van der Waals surface area contributed by atoms with Crippen LogP contribution in [0.3, 0.4) is 0 Å². The Morgan fingerprint density at radius 1 is 1.43 bits per heavy atom. The number of halogens is 1. The predicted octanol–water partition coefficient (Wildman–Crippen LogP) is 2.07. The number of carbonyl (C=O) groups is 1. The Morgan fingerprint density at radius 3 is 2.93 bits per heavy atom. The van der Waals surface area contributed by atoms with Gasteiger partial charge in [-0.05, 0) is 23.6 Å². The molecule has 4 heteroatoms. The van der Waals surface area contributed by atoms with Gasteiger partial charge in [-0.3, -0.25) is 4.98 Å². The highest BCUT2D eigenvalue weighted by molar-refractivity contribution is 6.03. The number of hydrogen-bond acceptors (Lipinski definition) is 2. The van der Waals surface area contributed by atoms with Crippen LogP contribution in [-0.4, -0.2) is 16.1 Å². The number of aromatic carboxylic acids is 1. The van der Waals surface area contributed by atoms with Gasteiger partial charge in [0.1, 0.15) is 5.82 Å². The SMILES string of the molecule is O=C(O)c1cc(F)cc2cnccc12. The molecular formula is C10H6FNO2. The zero-order valence-electron chi connectivity index (χ0n) is 7.07. The molecule has 0 aliphatic heterocycles. The lowest BCUT2D eigenvalue weighted by molar-refractivity contribution is 0.0698. The lowest BCUT2D eigenvalue weighted by Crippen LogP contribution is -1.98. The van der Waals surface area contributed by atoms with Crippen molar-refractivity contribution in [1.29, 1.82) is 0 Å². The third-order valence-corrected chi connectivity index (χ3v) is 1.95. The van der Waals surface area contributed by atoms with E-state index < -0.39 is 11.8 Å². The lowest BCUT2D eigenvalue weighted by atomic mass is 10.1. The molecule has 1 N–H and O–H groups in total. The summed E-state index contributed by atoms with van der Waals surface area (Å²) in [6.07, 6.45) is 2.91. The van der Waals surface area contributed by atoms with E-state index in [1.165, 1.54) is 18.5 Å². The highest BCUT2D eigenvalue weighted by atomic mass is 19.1. The Labute approximate surface area is 78.8 Å². The average molecular weight is 191 g/mol. The Kier molecular flexibility index (Phi) is 1.89. The maximum Gasteiger partial charge on any atom is 0.336 e. The first-order chi connectivity index (χ1) is 6.68. The van der Waals surface area contributed by atoms with E-state index in [4.69, 9.17) is 5.11 Å². The normalized spacial score (nSPS) is 10.4. The Hall–Kier alpha value is -1.97. The molecule has 0 saturated carbocycles. The van der Waals surface area contributed by atoms with Crippen LogP contribution in [0.5, 0.6) is 0 Å². The van der Waals surface area contributed by atoms with E-state index in [-0.39, 0.29) is 5.56 Å². The molecule has 1 aromatic carbocycles. The van der Waals surface area contributed by atoms with Crippen LogP contribution >= 0.6 is 0 Å². The van der Waals surface area contributed by atoms with Crippen LogP contribution in [0, 0.1) is 5.82 Å². The number of pyridine rings is 1. The molecule has 0 amide bonds. The summed E-state index contributed by atoms with van der Waals surface area (Å²) >= 11 is 0. The highest BCUT2D eigenvalue weighted by Gasteiger charge is 2.09. The molecule has 0 fully saturated rings. The summed E-state index contributed by atoms with van der Waals surface area (Å²) in [5, 5.41) is 9.81. The molecule has 2 aromatic rings. The molecule has 70 valence electrons. The molecule has 0 unspecified atom stereocenters. The number of nitrogens with zero attached hydrogens (tertiary/aromatic N) is 1. The Bertz CT molecular complexity index is 510. The van der Waals surface area contributed by atoms with Gasteiger partial charge in [-0.15, -0.1) is 0 Å². The highest BCUT2D eigenvalue weighted by Crippen LogP contribution is 2.19. The molecule has 2 rings (SSSR count). The third-order valence-electron chi connectivity index (χ3n) is 1.95. The quantitative estimate of drug-likeness (QED) is 0.750. The van der Waals surface area contributed by atoms with Gasteiger partial charge >= 0.3 is 5.97 Å². The second kappa shape index (κ2) is 3.06. The van der Waals surface area contributed by atoms with Crippen molar-refractivity contribution >= 4 is 16.7 Å². The van der Waals surface area contributed by atoms with E-state index in [1.807, 2.05) is 0 Å². The zero-order chi connectivity index (χ0) is 10.1. The molecule has 3 nitrogen and oxygen atoms in total. The van der Waals surface area contributed by atoms with Crippen LogP contribution in [-0.2, 0) is 0 Å². The van der Waals surface area contributed by atoms with Gasteiger partial charge in [-0.1, -0.05) is 0 Å². The van der Waals surface area contributed by atoms with Crippen molar-refractivity contribution in [2.45, 2.75) is 0 Å². The summed E-state index contributed by atoms with van der Waals surface area (Å²) in [5.41, 5.74) is -0.0394. The first kappa shape index (κ1) is 8.62. The monoisotopic (exact) mass is 191 g/mol. The smallest absolute Gasteiger partial charge is 0.336 e. The number of hydrogen-bond donors (Lipinski definition) is 1. The molecule has 0 saturated heterocycles. The van der Waals surface area contributed by atoms with Crippen molar-refractivity contribution in [2.75, 3.05) is 0 Å². The summed E-state index contributed by atoms with van der Waals surface area (Å²) < 4.78 is 13.0. The molecule has 0 aliphatic carbocycles. The number of rotatable bonds is 1. The van der Waals surface area contributed by atoms with Crippen LogP contribution in [0.25, 0.3) is 10.8 Å². The molecule has 0 radical (unpaired) electrons. The summed E-state index contributed by atoms with van der Waals surface area (Å²) in [6.45, 7) is 0. The van der Waals surface area contributed by atoms with E-state index in [2.05, 4.69) is 4.98 Å². The second-order valence-electron chi connectivity index (χ2n) is 2.86. The standard InChI is InChI=1S/C10H6FNO2/c11-7-3-6-5-12-2-1-8(6)9(4-7)10(13)14/h1-5H,(H,13,14). The summed E-state index contributed by atoms with van der Waals surface area (Å²) in [4.78, 5) is 14.6. The fourth-order valence-electron chi connectivity index (χ4n) is 1.35. The summed E-state index contributed by atoms with van der Waals surface area (Å²) in [7, 11) is 0. The van der Waals surface area contributed by atoms with Gasteiger partial charge in [0, 0.05) is 17.8 Å². The molecule has 0 aliphatic rings. The lowest BCUT2D eigenvalue weighted by Gasteiger charge is -2.01. The summed E-state index contributed by atoms with van der Waals surface area (Å²) in [5.74, 6) is -1.70. The number of benzene rings is 1. The fraction of sp³-hybridized carbons (Fsp3) is 0. The number of aromatic nitrogens is 1. The van der Waals surface area contributed by atoms with Crippen LogP contribution in [0.2, 0.25) is 0 Å². The van der Waals surface area contributed by atoms with Crippen molar-refractivity contribution < 1.29 is 14.3 Å². The molecule has 14 heavy (non-hydrogen) atoms. The second-order valence-corrected chi connectivity index (χ2v) is 2.86. The van der Waals surface area contributed by atoms with E-state index in [0.717, 1.165) is 6.07 Å². The first-order valence-electron chi connectivity index (χ1n) is 3.95. The van der Waals surface area contributed by atoms with E-state index >= 15 is 0 Å². The topological polar surface area (TPSA) is 50.2 Å². The van der Waals surface area contributed by atoms with Gasteiger partial charge in [-0.25, -0.2) is 9.18 Å². The molecule has 0 bridgehead atoms. The van der Waals surface area contributed by atoms with Crippen molar-refractivity contribution in [3.8, 4) is 0 Å². The van der Waals surface area contributed by atoms with Gasteiger partial charge < -0.3 is 5.11 Å². The van der Waals surface area contributed by atoms with E-state index in [9.17, 15) is 9.18 Å². The molecule has 1 aromatic heterocycles. The predicted molar refractivity (Wildman–Crippen MR) is 48.7 cm³/mol. The molecule has 0 spiro atoms. The van der Waals surface area contributed by atoms with Crippen molar-refractivity contribution in [2.24, 2.45) is 0 Å². The number of carboxylic acid groups (broad SMARTS) is 1. The van der Waals surface area contributed by atoms with Crippen molar-refractivity contribution in [3.63, 3.8) is 0 Å².